The Morgan fingerprint density at radius 3 is 2.82 bits per heavy atom. The fraction of sp³-hybridized carbons (Fsp3) is 0.417. The fourth-order valence-electron chi connectivity index (χ4n) is 2.12. The van der Waals surface area contributed by atoms with E-state index in [9.17, 15) is 9.90 Å². The second-order valence-electron chi connectivity index (χ2n) is 4.07. The van der Waals surface area contributed by atoms with E-state index in [0.717, 1.165) is 24.9 Å². The van der Waals surface area contributed by atoms with E-state index in [-0.39, 0.29) is 23.1 Å². The van der Waals surface area contributed by atoms with Gasteiger partial charge in [-0.15, -0.1) is 0 Å². The summed E-state index contributed by atoms with van der Waals surface area (Å²) in [4.78, 5) is 11.0. The maximum atomic E-state index is 11.0. The van der Waals surface area contributed by atoms with Crippen molar-refractivity contribution in [3.63, 3.8) is 0 Å². The Bertz CT molecular complexity index is 438. The molecule has 5 nitrogen and oxygen atoms in total. The van der Waals surface area contributed by atoms with Gasteiger partial charge in [-0.3, -0.25) is 0 Å². The predicted octanol–water partition coefficient (Wildman–Crippen LogP) is 1.52. The first-order valence-corrected chi connectivity index (χ1v) is 5.51. The van der Waals surface area contributed by atoms with Gasteiger partial charge in [-0.05, 0) is 37.1 Å². The molecule has 1 fully saturated rings. The van der Waals surface area contributed by atoms with E-state index in [4.69, 9.17) is 9.84 Å². The van der Waals surface area contributed by atoms with E-state index < -0.39 is 5.97 Å². The molecule has 5 heteroatoms. The monoisotopic (exact) mass is 237 g/mol. The molecule has 0 radical (unpaired) electrons. The number of rotatable bonds is 3. The molecule has 0 saturated carbocycles. The van der Waals surface area contributed by atoms with Crippen molar-refractivity contribution in [3.8, 4) is 11.5 Å². The van der Waals surface area contributed by atoms with Gasteiger partial charge in [-0.25, -0.2) is 4.79 Å². The van der Waals surface area contributed by atoms with E-state index >= 15 is 0 Å². The Morgan fingerprint density at radius 1 is 1.53 bits per heavy atom. The summed E-state index contributed by atoms with van der Waals surface area (Å²) < 4.78 is 4.99. The van der Waals surface area contributed by atoms with Gasteiger partial charge in [0.15, 0.2) is 11.5 Å². The Labute approximate surface area is 99.0 Å². The van der Waals surface area contributed by atoms with Crippen LogP contribution in [0.3, 0.4) is 0 Å². The third-order valence-corrected chi connectivity index (χ3v) is 3.01. The van der Waals surface area contributed by atoms with E-state index in [0.29, 0.717) is 0 Å². The average Bonchev–Trinajstić information content (AvgIpc) is 2.82. The first-order valence-electron chi connectivity index (χ1n) is 5.51. The smallest absolute Gasteiger partial charge is 0.339 e. The van der Waals surface area contributed by atoms with Crippen molar-refractivity contribution in [2.75, 3.05) is 13.7 Å². The number of carbonyl (C=O) groups is 1. The number of carboxylic acid groups (broad SMARTS) is 1. The molecule has 1 aromatic rings. The Balaban J connectivity index is 2.46. The van der Waals surface area contributed by atoms with Crippen LogP contribution in [-0.2, 0) is 0 Å². The second kappa shape index (κ2) is 4.63. The molecular weight excluding hydrogens is 222 g/mol. The minimum atomic E-state index is -1.15. The number of nitrogens with one attached hydrogen (secondary N) is 1. The largest absolute Gasteiger partial charge is 0.504 e. The lowest BCUT2D eigenvalue weighted by atomic mass is 10.0. The molecule has 92 valence electrons. The molecule has 1 heterocycles. The summed E-state index contributed by atoms with van der Waals surface area (Å²) in [5, 5.41) is 22.0. The van der Waals surface area contributed by atoms with Crippen LogP contribution < -0.4 is 10.1 Å². The van der Waals surface area contributed by atoms with Crippen molar-refractivity contribution in [2.45, 2.75) is 18.9 Å². The van der Waals surface area contributed by atoms with Crippen molar-refractivity contribution in [1.29, 1.82) is 0 Å². The fourth-order valence-corrected chi connectivity index (χ4v) is 2.12. The van der Waals surface area contributed by atoms with Crippen LogP contribution in [0.2, 0.25) is 0 Å². The highest BCUT2D eigenvalue weighted by Gasteiger charge is 2.22. The molecule has 2 rings (SSSR count). The highest BCUT2D eigenvalue weighted by Crippen LogP contribution is 2.35. The highest BCUT2D eigenvalue weighted by atomic mass is 16.5. The van der Waals surface area contributed by atoms with Crippen molar-refractivity contribution >= 4 is 5.97 Å². The first-order chi connectivity index (χ1) is 8.13. The summed E-state index contributed by atoms with van der Waals surface area (Å²) >= 11 is 0. The number of aromatic hydroxyl groups is 1. The van der Waals surface area contributed by atoms with Crippen LogP contribution in [0.25, 0.3) is 0 Å². The van der Waals surface area contributed by atoms with Gasteiger partial charge in [0, 0.05) is 6.04 Å². The van der Waals surface area contributed by atoms with Gasteiger partial charge in [0.2, 0.25) is 0 Å². The standard InChI is InChI=1S/C12H15NO4/c1-17-10-6-7(9-3-2-4-13-9)5-8(11(10)14)12(15)16/h5-6,9,13-14H,2-4H2,1H3,(H,15,16). The zero-order chi connectivity index (χ0) is 12.4. The third kappa shape index (κ3) is 2.19. The van der Waals surface area contributed by atoms with Crippen molar-refractivity contribution in [1.82, 2.24) is 5.32 Å². The Morgan fingerprint density at radius 2 is 2.29 bits per heavy atom. The summed E-state index contributed by atoms with van der Waals surface area (Å²) in [6, 6.07) is 3.33. The minimum absolute atomic E-state index is 0.118. The number of phenols is 1. The number of carboxylic acids is 1. The third-order valence-electron chi connectivity index (χ3n) is 3.01. The van der Waals surface area contributed by atoms with Gasteiger partial charge in [-0.2, -0.15) is 0 Å². The Kier molecular flexibility index (Phi) is 3.19. The number of benzene rings is 1. The maximum Gasteiger partial charge on any atom is 0.339 e. The van der Waals surface area contributed by atoms with E-state index in [2.05, 4.69) is 5.32 Å². The molecule has 1 aliphatic rings. The molecule has 0 aromatic heterocycles. The maximum absolute atomic E-state index is 11.0. The molecule has 1 unspecified atom stereocenters. The summed E-state index contributed by atoms with van der Waals surface area (Å²) in [6.45, 7) is 0.927. The summed E-state index contributed by atoms with van der Waals surface area (Å²) in [7, 11) is 1.41. The topological polar surface area (TPSA) is 78.8 Å². The van der Waals surface area contributed by atoms with Gasteiger partial charge in [-0.1, -0.05) is 0 Å². The summed E-state index contributed by atoms with van der Waals surface area (Å²) in [5.74, 6) is -1.27. The van der Waals surface area contributed by atoms with E-state index in [1.165, 1.54) is 13.2 Å². The first kappa shape index (κ1) is 11.7. The summed E-state index contributed by atoms with van der Waals surface area (Å²) in [6.07, 6.45) is 2.03. The molecule has 0 amide bonds. The van der Waals surface area contributed by atoms with Crippen LogP contribution in [0, 0.1) is 0 Å². The van der Waals surface area contributed by atoms with Crippen LogP contribution in [0.15, 0.2) is 12.1 Å². The van der Waals surface area contributed by atoms with Gasteiger partial charge < -0.3 is 20.3 Å². The second-order valence-corrected chi connectivity index (χ2v) is 4.07. The number of hydrogen-bond donors (Lipinski definition) is 3. The number of aromatic carboxylic acids is 1. The molecular formula is C12H15NO4. The lowest BCUT2D eigenvalue weighted by Gasteiger charge is -2.14. The van der Waals surface area contributed by atoms with E-state index in [1.807, 2.05) is 0 Å². The van der Waals surface area contributed by atoms with Gasteiger partial charge in [0.05, 0.1) is 7.11 Å². The highest BCUT2D eigenvalue weighted by molar-refractivity contribution is 5.92. The molecule has 1 saturated heterocycles. The lowest BCUT2D eigenvalue weighted by molar-refractivity contribution is 0.0693. The van der Waals surface area contributed by atoms with Crippen LogP contribution in [0.1, 0.15) is 34.8 Å². The predicted molar refractivity (Wildman–Crippen MR) is 61.6 cm³/mol. The number of methoxy groups -OCH3 is 1. The van der Waals surface area contributed by atoms with Crippen LogP contribution in [0.4, 0.5) is 0 Å². The van der Waals surface area contributed by atoms with Gasteiger partial charge in [0.1, 0.15) is 5.56 Å². The molecule has 0 aliphatic carbocycles. The molecule has 3 N–H and O–H groups in total. The number of hydrogen-bond acceptors (Lipinski definition) is 4. The van der Waals surface area contributed by atoms with Crippen LogP contribution >= 0.6 is 0 Å². The van der Waals surface area contributed by atoms with Gasteiger partial charge in [0.25, 0.3) is 0 Å². The van der Waals surface area contributed by atoms with Crippen LogP contribution in [0.5, 0.6) is 11.5 Å². The molecule has 0 spiro atoms. The number of ether oxygens (including phenoxy) is 1. The van der Waals surface area contributed by atoms with Crippen molar-refractivity contribution in [2.24, 2.45) is 0 Å². The quantitative estimate of drug-likeness (QED) is 0.743. The Hall–Kier alpha value is -1.75. The minimum Gasteiger partial charge on any atom is -0.504 e. The van der Waals surface area contributed by atoms with Crippen molar-refractivity contribution < 1.29 is 19.7 Å². The molecule has 17 heavy (non-hydrogen) atoms. The molecule has 0 bridgehead atoms. The summed E-state index contributed by atoms with van der Waals surface area (Å²) in [5.41, 5.74) is 0.725. The van der Waals surface area contributed by atoms with Crippen molar-refractivity contribution in [3.05, 3.63) is 23.3 Å². The molecule has 1 aliphatic heterocycles. The zero-order valence-corrected chi connectivity index (χ0v) is 9.56. The van der Waals surface area contributed by atoms with Gasteiger partial charge >= 0.3 is 5.97 Å². The molecule has 1 aromatic carbocycles. The molecule has 1 atom stereocenters. The lowest BCUT2D eigenvalue weighted by Crippen LogP contribution is -2.14. The average molecular weight is 237 g/mol. The van der Waals surface area contributed by atoms with Crippen LogP contribution in [-0.4, -0.2) is 29.8 Å². The zero-order valence-electron chi connectivity index (χ0n) is 9.56. The van der Waals surface area contributed by atoms with E-state index in [1.54, 1.807) is 6.07 Å². The normalized spacial score (nSPS) is 19.2. The SMILES string of the molecule is COc1cc(C2CCCN2)cc(C(=O)O)c1O.